The molecule has 0 atom stereocenters. The number of nitrogens with zero attached hydrogens (tertiary/aromatic N) is 4. The molecule has 4 aromatic heterocycles. The molecule has 1 aliphatic heterocycles. The van der Waals surface area contributed by atoms with Gasteiger partial charge in [-0.15, -0.1) is 29.7 Å². The molecular formula is C68H50N4O2Pt-2. The number of furan rings is 1. The molecule has 14 rings (SSSR count). The fourth-order valence-corrected chi connectivity index (χ4v) is 10.8. The summed E-state index contributed by atoms with van der Waals surface area (Å²) in [7, 11) is 0. The van der Waals surface area contributed by atoms with Gasteiger partial charge in [-0.2, -0.15) is 18.2 Å². The van der Waals surface area contributed by atoms with E-state index in [0.29, 0.717) is 56.2 Å². The van der Waals surface area contributed by atoms with Gasteiger partial charge in [-0.05, 0) is 120 Å². The van der Waals surface area contributed by atoms with Crippen LogP contribution >= 0.6 is 0 Å². The van der Waals surface area contributed by atoms with Crippen molar-refractivity contribution in [3.63, 3.8) is 0 Å². The third-order valence-corrected chi connectivity index (χ3v) is 14.3. The van der Waals surface area contributed by atoms with Crippen LogP contribution in [0.15, 0.2) is 198 Å². The van der Waals surface area contributed by atoms with E-state index in [2.05, 4.69) is 94.9 Å². The average molecular weight is 1160 g/mol. The van der Waals surface area contributed by atoms with E-state index in [1.165, 1.54) is 0 Å². The summed E-state index contributed by atoms with van der Waals surface area (Å²) in [6.07, 6.45) is 5.57. The quantitative estimate of drug-likeness (QED) is 0.127. The minimum Gasteiger partial charge on any atom is -0.510 e. The summed E-state index contributed by atoms with van der Waals surface area (Å²) < 4.78 is 94.6. The number of hydrogen-bond acceptors (Lipinski definition) is 3. The Bertz CT molecular complexity index is 4930. The van der Waals surface area contributed by atoms with E-state index < -0.39 is 41.7 Å². The number of rotatable bonds is 5. The number of hydrogen-bond donors (Lipinski definition) is 0. The molecule has 5 heterocycles. The Kier molecular flexibility index (Phi) is 8.88. The van der Waals surface area contributed by atoms with Gasteiger partial charge in [0.15, 0.2) is 0 Å². The second-order valence-corrected chi connectivity index (χ2v) is 21.0. The number of benzene rings is 9. The zero-order valence-corrected chi connectivity index (χ0v) is 44.1. The Morgan fingerprint density at radius 3 is 2.03 bits per heavy atom. The summed E-state index contributed by atoms with van der Waals surface area (Å²) >= 11 is 0. The maximum absolute atomic E-state index is 9.90. The molecule has 0 N–H and O–H groups in total. The number of imidazole rings is 1. The predicted molar refractivity (Wildman–Crippen MR) is 300 cm³/mol. The Hall–Kier alpha value is -8.31. The fraction of sp³-hybridized carbons (Fsp3) is 0.118. The van der Waals surface area contributed by atoms with Crippen molar-refractivity contribution < 1.29 is 45.8 Å². The Labute approximate surface area is 461 Å². The third kappa shape index (κ3) is 7.56. The first kappa shape index (κ1) is 38.3. The molecule has 7 heteroatoms. The molecule has 75 heavy (non-hydrogen) atoms. The molecule has 1 aliphatic rings. The monoisotopic (exact) mass is 1160 g/mol. The van der Waals surface area contributed by atoms with Gasteiger partial charge in [0, 0.05) is 55.1 Å². The van der Waals surface area contributed by atoms with Gasteiger partial charge in [-0.3, -0.25) is 4.57 Å². The van der Waals surface area contributed by atoms with Gasteiger partial charge in [0.25, 0.3) is 6.33 Å². The summed E-state index contributed by atoms with van der Waals surface area (Å²) in [6, 6.07) is 48.9. The molecule has 0 spiro atoms. The van der Waals surface area contributed by atoms with Gasteiger partial charge < -0.3 is 18.3 Å². The molecule has 0 saturated carbocycles. The predicted octanol–water partition coefficient (Wildman–Crippen LogP) is 17.1. The Morgan fingerprint density at radius 2 is 1.25 bits per heavy atom. The summed E-state index contributed by atoms with van der Waals surface area (Å²) in [5, 5.41) is 3.84. The SMILES string of the molecule is [2H]c1c([2H])c([2H])c2c(c1[2H])-c1cccc(C(C)(C)C)c1-[n+]1[c-]n(-c3[c-]c(Oc4[c-]c5c(cc4)c4ccccc4n5-c4cc(C(C)(C)C)ccn4)ccc3)c3cc(-c4ccc5oc6ccccc6c5c4)cc(c31)-c1c([2H])c([2H])c([2H])c([2H])c1-2.[Pt]. The van der Waals surface area contributed by atoms with Gasteiger partial charge in [0.05, 0.1) is 27.7 Å². The molecule has 0 unspecified atom stereocenters. The van der Waals surface area contributed by atoms with Crippen LogP contribution in [-0.4, -0.2) is 14.1 Å². The Balaban J connectivity index is 0.00000645. The van der Waals surface area contributed by atoms with Crippen molar-refractivity contribution in [3.8, 4) is 73.2 Å². The van der Waals surface area contributed by atoms with Gasteiger partial charge in [-0.1, -0.05) is 162 Å². The van der Waals surface area contributed by atoms with Crippen LogP contribution in [0.4, 0.5) is 0 Å². The maximum Gasteiger partial charge on any atom is 0.268 e. The van der Waals surface area contributed by atoms with Gasteiger partial charge in [-0.25, -0.2) is 4.98 Å². The molecule has 6 nitrogen and oxygen atoms in total. The molecular weight excluding hydrogens is 1100 g/mol. The van der Waals surface area contributed by atoms with Crippen molar-refractivity contribution in [2.75, 3.05) is 0 Å². The van der Waals surface area contributed by atoms with Crippen molar-refractivity contribution >= 4 is 54.8 Å². The zero-order chi connectivity index (χ0) is 57.0. The number of para-hydroxylation sites is 3. The largest absolute Gasteiger partial charge is 0.510 e. The standard InChI is InChI=1S/C68H50N4O2.Pt/c1-67(2,3)44-33-34-69-64(38-44)72-59-27-13-11-23-52(59)53-31-30-47(40-60(53)72)73-46-18-15-17-45(39-46)70-41-71-65-55(25-16-26-58(65)68(4,5)6)50-21-9-7-19-48(50)49-20-8-10-22-51(49)57-36-43(37-61(70)66(57)71)42-29-32-63-56(35-42)54-24-12-14-28-62(54)74-63;/h7-38H,1-6H3;/q-2;/i7D,8D,9D,10D,19D,20D,21D,22D;. The molecule has 0 fully saturated rings. The van der Waals surface area contributed by atoms with Crippen LogP contribution in [0.2, 0.25) is 0 Å². The summed E-state index contributed by atoms with van der Waals surface area (Å²) in [5.41, 5.74) is 8.94. The van der Waals surface area contributed by atoms with E-state index in [-0.39, 0.29) is 60.8 Å². The van der Waals surface area contributed by atoms with Crippen molar-refractivity contribution in [1.29, 1.82) is 0 Å². The number of fused-ring (bicyclic) bond motifs is 13. The first-order chi connectivity index (χ1) is 39.3. The average Bonchev–Trinajstić information content (AvgIpc) is 2.86. The maximum atomic E-state index is 9.90. The van der Waals surface area contributed by atoms with E-state index in [4.69, 9.17) is 18.3 Å². The van der Waals surface area contributed by atoms with Gasteiger partial charge in [0.2, 0.25) is 0 Å². The molecule has 0 saturated heterocycles. The van der Waals surface area contributed by atoms with Gasteiger partial charge >= 0.3 is 0 Å². The van der Waals surface area contributed by atoms with Crippen LogP contribution in [0.1, 0.15) is 63.6 Å². The number of pyridine rings is 1. The fourth-order valence-electron chi connectivity index (χ4n) is 10.8. The minimum absolute atomic E-state index is 0. The van der Waals surface area contributed by atoms with E-state index in [0.717, 1.165) is 60.7 Å². The van der Waals surface area contributed by atoms with Crippen LogP contribution in [0.5, 0.6) is 11.5 Å². The van der Waals surface area contributed by atoms with Crippen LogP contribution in [0.25, 0.3) is 116 Å². The normalized spacial score (nSPS) is 13.8. The van der Waals surface area contributed by atoms with Crippen LogP contribution in [-0.2, 0) is 31.9 Å². The first-order valence-corrected chi connectivity index (χ1v) is 24.7. The molecule has 0 bridgehead atoms. The Morgan fingerprint density at radius 1 is 0.560 bits per heavy atom. The van der Waals surface area contributed by atoms with Crippen molar-refractivity contribution in [3.05, 3.63) is 224 Å². The molecule has 9 aromatic carbocycles. The number of ether oxygens (including phenoxy) is 1. The third-order valence-electron chi connectivity index (χ3n) is 14.3. The molecule has 13 aromatic rings. The van der Waals surface area contributed by atoms with E-state index in [1.54, 1.807) is 0 Å². The second kappa shape index (κ2) is 17.4. The number of aromatic nitrogens is 4. The summed E-state index contributed by atoms with van der Waals surface area (Å²) in [6.45, 7) is 12.8. The van der Waals surface area contributed by atoms with Crippen LogP contribution in [0.3, 0.4) is 0 Å². The van der Waals surface area contributed by atoms with E-state index in [9.17, 15) is 6.85 Å². The van der Waals surface area contributed by atoms with E-state index in [1.807, 2.05) is 125 Å². The van der Waals surface area contributed by atoms with Crippen LogP contribution in [0, 0.1) is 18.5 Å². The summed E-state index contributed by atoms with van der Waals surface area (Å²) in [4.78, 5) is 4.87. The first-order valence-electron chi connectivity index (χ1n) is 28.7. The van der Waals surface area contributed by atoms with Crippen molar-refractivity contribution in [1.82, 2.24) is 14.1 Å². The van der Waals surface area contributed by atoms with Crippen LogP contribution < -0.4 is 9.30 Å². The smallest absolute Gasteiger partial charge is 0.268 e. The van der Waals surface area contributed by atoms with Crippen molar-refractivity contribution in [2.24, 2.45) is 0 Å². The second-order valence-electron chi connectivity index (χ2n) is 21.0. The van der Waals surface area contributed by atoms with E-state index >= 15 is 0 Å². The molecule has 0 amide bonds. The van der Waals surface area contributed by atoms with Gasteiger partial charge in [0.1, 0.15) is 17.0 Å². The summed E-state index contributed by atoms with van der Waals surface area (Å²) in [5.74, 6) is 1.58. The molecule has 366 valence electrons. The zero-order valence-electron chi connectivity index (χ0n) is 49.8. The minimum atomic E-state index is -0.575. The topological polar surface area (TPSA) is 49.0 Å². The van der Waals surface area contributed by atoms with Crippen molar-refractivity contribution in [2.45, 2.75) is 52.4 Å². The molecule has 0 aliphatic carbocycles. The molecule has 0 radical (unpaired) electrons.